The van der Waals surface area contributed by atoms with Crippen LogP contribution < -0.4 is 0 Å². The van der Waals surface area contributed by atoms with Crippen molar-refractivity contribution < 1.29 is 0 Å². The van der Waals surface area contributed by atoms with Crippen LogP contribution in [0.3, 0.4) is 0 Å². The van der Waals surface area contributed by atoms with Gasteiger partial charge in [0.25, 0.3) is 0 Å². The second-order valence-corrected chi connectivity index (χ2v) is 6.65. The first-order valence-electron chi connectivity index (χ1n) is 12.5. The van der Waals surface area contributed by atoms with Gasteiger partial charge in [-0.1, -0.05) is 0 Å². The summed E-state index contributed by atoms with van der Waals surface area (Å²) >= 11 is 1.88. The van der Waals surface area contributed by atoms with Crippen LogP contribution >= 0.6 is 22.6 Å². The molecule has 208 valence electrons. The Morgan fingerprint density at radius 2 is 0.255 bits per heavy atom. The molecule has 0 spiro atoms. The van der Waals surface area contributed by atoms with E-state index >= 15 is 0 Å². The van der Waals surface area contributed by atoms with Crippen molar-refractivity contribution in [2.75, 3.05) is 0 Å². The van der Waals surface area contributed by atoms with E-state index in [-0.39, 0.29) is 0 Å². The minimum Gasteiger partial charge on any atom is -0.106 e. The third-order valence-corrected chi connectivity index (χ3v) is 3.26. The van der Waals surface area contributed by atoms with E-state index in [9.17, 15) is 0 Å². The van der Waals surface area contributed by atoms with Gasteiger partial charge < -0.3 is 0 Å². The number of hydrogen-bond acceptors (Lipinski definition) is 0. The molecule has 0 atom stereocenters. The fourth-order valence-electron chi connectivity index (χ4n) is 1.47. The Morgan fingerprint density at radius 3 is 0.353 bits per heavy atom. The fourth-order valence-corrected chi connectivity index (χ4v) is 1.60. The summed E-state index contributed by atoms with van der Waals surface area (Å²) in [5, 5.41) is 0. The van der Waals surface area contributed by atoms with Gasteiger partial charge in [0.15, 0.2) is 0 Å². The van der Waals surface area contributed by atoms with Crippen molar-refractivity contribution in [3.63, 3.8) is 0 Å². The first-order valence-corrected chi connectivity index (χ1v) is 13.6. The minimum absolute atomic E-state index is 1.88. The Balaban J connectivity index is 4.56. The Kier molecular flexibility index (Phi) is 31.7. The summed E-state index contributed by atoms with van der Waals surface area (Å²) < 4.78 is 2.59. The third-order valence-electron chi connectivity index (χ3n) is 2.99. The second kappa shape index (κ2) is 39.7. The number of terminal acetylenes is 1. The molecule has 0 saturated heterocycles. The topological polar surface area (TPSA) is 0 Å². The monoisotopic (exact) mass is 728 g/mol. The van der Waals surface area contributed by atoms with Crippen molar-refractivity contribution in [3.8, 4) is 295 Å². The molecule has 0 aromatic carbocycles. The highest BCUT2D eigenvalue weighted by atomic mass is 127. The molecule has 0 aromatic heterocycles. The van der Waals surface area contributed by atoms with Crippen LogP contribution in [0.15, 0.2) is 0 Å². The quantitative estimate of drug-likeness (QED) is 0.259. The summed E-state index contributed by atoms with van der Waals surface area (Å²) in [6.45, 7) is 0. The van der Waals surface area contributed by atoms with Crippen molar-refractivity contribution in [2.45, 2.75) is 0 Å². The SMILES string of the molecule is C#CC#CC#CC#CC#CC#CC#CC#CC#CC#CC#CC#CC#CC#CC#CC#CC#CC#CC#CC#CC#CC#CC#CC#CC#CI. The van der Waals surface area contributed by atoms with E-state index in [2.05, 4.69) is 288 Å². The molecule has 0 aromatic rings. The molecule has 0 aliphatic rings. The molecule has 0 heterocycles. The average molecular weight is 728 g/mol. The molecular formula is C50HI. The molecule has 1 heteroatoms. The van der Waals surface area contributed by atoms with Crippen LogP contribution in [0, 0.1) is 295 Å². The number of halogens is 1. The highest BCUT2D eigenvalue weighted by Gasteiger charge is 1.62. The van der Waals surface area contributed by atoms with Crippen LogP contribution in [-0.4, -0.2) is 0 Å². The van der Waals surface area contributed by atoms with Gasteiger partial charge in [-0.15, -0.1) is 6.42 Å². The zero-order chi connectivity index (χ0) is 36.6. The summed E-state index contributed by atoms with van der Waals surface area (Å²) in [5.41, 5.74) is 0. The second-order valence-electron chi connectivity index (χ2n) is 6.11. The maximum atomic E-state index is 4.94. The third kappa shape index (κ3) is 39.7. The Morgan fingerprint density at radius 1 is 0.157 bits per heavy atom. The molecule has 0 rings (SSSR count). The highest BCUT2D eigenvalue weighted by molar-refractivity contribution is 14.1. The Bertz CT molecular complexity index is 3120. The van der Waals surface area contributed by atoms with Gasteiger partial charge in [0.1, 0.15) is 0 Å². The van der Waals surface area contributed by atoms with Gasteiger partial charge in [-0.05, 0) is 98.7 Å². The van der Waals surface area contributed by atoms with Crippen molar-refractivity contribution >= 4 is 22.6 Å². The fraction of sp³-hybridized carbons (Fsp3) is 0. The molecule has 0 N–H and O–H groups in total. The van der Waals surface area contributed by atoms with Gasteiger partial charge in [0, 0.05) is 212 Å². The number of rotatable bonds is 0. The van der Waals surface area contributed by atoms with Gasteiger partial charge in [-0.2, -0.15) is 0 Å². The van der Waals surface area contributed by atoms with E-state index in [1.165, 1.54) is 0 Å². The van der Waals surface area contributed by atoms with E-state index in [0.29, 0.717) is 0 Å². The molecule has 51 heavy (non-hydrogen) atoms. The molecule has 0 aliphatic carbocycles. The van der Waals surface area contributed by atoms with Crippen molar-refractivity contribution in [3.05, 3.63) is 0 Å². The van der Waals surface area contributed by atoms with E-state index in [4.69, 9.17) is 6.42 Å². The van der Waals surface area contributed by atoms with Gasteiger partial charge in [-0.3, -0.25) is 0 Å². The largest absolute Gasteiger partial charge is 0.106 e. The van der Waals surface area contributed by atoms with Crippen LogP contribution in [0.2, 0.25) is 0 Å². The summed E-state index contributed by atoms with van der Waals surface area (Å²) in [5.74, 6) is 119. The molecule has 0 aliphatic heterocycles. The predicted molar refractivity (Wildman–Crippen MR) is 209 cm³/mol. The lowest BCUT2D eigenvalue weighted by atomic mass is 10.4. The van der Waals surface area contributed by atoms with Crippen LogP contribution in [0.4, 0.5) is 0 Å². The number of hydrogen-bond donors (Lipinski definition) is 0. The maximum Gasteiger partial charge on any atom is 0.0192 e. The first-order chi connectivity index (χ1) is 25.4. The van der Waals surface area contributed by atoms with E-state index < -0.39 is 0 Å². The van der Waals surface area contributed by atoms with Crippen LogP contribution in [0.5, 0.6) is 0 Å². The first kappa shape index (κ1) is 40.7. The summed E-state index contributed by atoms with van der Waals surface area (Å²) in [6.07, 6.45) is 4.94. The van der Waals surface area contributed by atoms with Crippen molar-refractivity contribution in [1.82, 2.24) is 0 Å². The van der Waals surface area contributed by atoms with E-state index in [1.54, 1.807) is 0 Å². The van der Waals surface area contributed by atoms with Gasteiger partial charge in [-0.25, -0.2) is 0 Å². The molecule has 0 nitrogen and oxygen atoms in total. The molecule has 0 saturated carbocycles. The lowest BCUT2D eigenvalue weighted by Crippen LogP contribution is -1.57. The standard InChI is InChI=1S/C50HI/c1-2-3-4-5-6-7-8-9-10-11-12-13-14-15-16-17-18-19-20-21-22-23-24-25-26-27-28-29-30-31-32-33-34-35-36-37-38-39-40-41-42-43-44-45-46-47-48-49-50-51/h1H. The maximum absolute atomic E-state index is 4.94. The molecular weight excluding hydrogens is 727 g/mol. The predicted octanol–water partition coefficient (Wildman–Crippen LogP) is 1.09. The van der Waals surface area contributed by atoms with E-state index in [0.717, 1.165) is 0 Å². The van der Waals surface area contributed by atoms with Crippen molar-refractivity contribution in [1.29, 1.82) is 0 Å². The lowest BCUT2D eigenvalue weighted by Gasteiger charge is -1.57. The van der Waals surface area contributed by atoms with Gasteiger partial charge >= 0.3 is 0 Å². The molecule has 0 bridgehead atoms. The molecule has 0 unspecified atom stereocenters. The average Bonchev–Trinajstić information content (AvgIpc) is 3.14. The smallest absolute Gasteiger partial charge is 0.0192 e. The minimum atomic E-state index is 1.88. The molecule has 0 amide bonds. The Hall–Kier alpha value is -10.3. The van der Waals surface area contributed by atoms with Crippen molar-refractivity contribution in [2.24, 2.45) is 0 Å². The van der Waals surface area contributed by atoms with Gasteiger partial charge in [0.2, 0.25) is 0 Å². The summed E-state index contributed by atoms with van der Waals surface area (Å²) in [4.78, 5) is 0. The zero-order valence-electron chi connectivity index (χ0n) is 25.5. The molecule has 0 fully saturated rings. The molecule has 0 radical (unpaired) electrons. The van der Waals surface area contributed by atoms with Crippen LogP contribution in [0.25, 0.3) is 0 Å². The Labute approximate surface area is 315 Å². The van der Waals surface area contributed by atoms with Gasteiger partial charge in [0.05, 0.1) is 0 Å². The summed E-state index contributed by atoms with van der Waals surface area (Å²) in [6, 6.07) is 0. The van der Waals surface area contributed by atoms with E-state index in [1.807, 2.05) is 22.6 Å². The van der Waals surface area contributed by atoms with Crippen LogP contribution in [-0.2, 0) is 0 Å². The van der Waals surface area contributed by atoms with Crippen LogP contribution in [0.1, 0.15) is 0 Å². The summed E-state index contributed by atoms with van der Waals surface area (Å²) in [7, 11) is 0. The zero-order valence-corrected chi connectivity index (χ0v) is 27.6. The normalized spacial score (nSPS) is 3.92. The lowest BCUT2D eigenvalue weighted by molar-refractivity contribution is 2.31. The highest BCUT2D eigenvalue weighted by Crippen LogP contribution is 1.67.